The number of carboxylic acid groups (broad SMARTS) is 1. The number of amidine groups is 1. The largest absolute Gasteiger partial charge is 0.494 e. The third kappa shape index (κ3) is 8.54. The number of piperazine rings is 1. The Bertz CT molecular complexity index is 883. The van der Waals surface area contributed by atoms with Gasteiger partial charge >= 0.3 is 17.8 Å². The molecule has 0 aliphatic carbocycles. The topological polar surface area (TPSA) is 138 Å². The highest BCUT2D eigenvalue weighted by Gasteiger charge is 2.31. The van der Waals surface area contributed by atoms with Crippen molar-refractivity contribution in [3.05, 3.63) is 29.8 Å². The van der Waals surface area contributed by atoms with Crippen LogP contribution in [-0.4, -0.2) is 90.9 Å². The minimum atomic E-state index is -1.04. The zero-order valence-electron chi connectivity index (χ0n) is 20.3. The van der Waals surface area contributed by atoms with Crippen LogP contribution in [0.5, 0.6) is 5.75 Å². The number of rotatable bonds is 13. The molecule has 4 N–H and O–H groups in total. The SMILES string of the molecule is NC(=NCC(=O)O)c1ccc(OCCCN2CCN(CCCCC3CCNCC3)C(=O)C2=O)cc1. The Labute approximate surface area is 206 Å². The van der Waals surface area contributed by atoms with Crippen molar-refractivity contribution in [2.45, 2.75) is 38.5 Å². The van der Waals surface area contributed by atoms with Gasteiger partial charge in [-0.1, -0.05) is 12.8 Å². The summed E-state index contributed by atoms with van der Waals surface area (Å²) < 4.78 is 5.72. The molecule has 0 radical (unpaired) electrons. The third-order valence-electron chi connectivity index (χ3n) is 6.52. The molecule has 192 valence electrons. The van der Waals surface area contributed by atoms with E-state index in [-0.39, 0.29) is 12.4 Å². The summed E-state index contributed by atoms with van der Waals surface area (Å²) in [4.78, 5) is 42.7. The Morgan fingerprint density at radius 2 is 1.66 bits per heavy atom. The van der Waals surface area contributed by atoms with E-state index in [0.717, 1.165) is 31.8 Å². The lowest BCUT2D eigenvalue weighted by molar-refractivity contribution is -0.156. The van der Waals surface area contributed by atoms with Gasteiger partial charge in [0.2, 0.25) is 0 Å². The summed E-state index contributed by atoms with van der Waals surface area (Å²) in [6, 6.07) is 6.89. The highest BCUT2D eigenvalue weighted by molar-refractivity contribution is 6.35. The predicted molar refractivity (Wildman–Crippen MR) is 132 cm³/mol. The van der Waals surface area contributed by atoms with Crippen LogP contribution in [0.2, 0.25) is 0 Å². The zero-order valence-corrected chi connectivity index (χ0v) is 20.3. The molecule has 0 bridgehead atoms. The molecule has 2 heterocycles. The molecule has 2 amide bonds. The van der Waals surface area contributed by atoms with E-state index in [4.69, 9.17) is 15.6 Å². The van der Waals surface area contributed by atoms with Gasteiger partial charge in [-0.3, -0.25) is 19.4 Å². The molecule has 2 fully saturated rings. The van der Waals surface area contributed by atoms with Gasteiger partial charge in [-0.25, -0.2) is 0 Å². The summed E-state index contributed by atoms with van der Waals surface area (Å²) in [5.41, 5.74) is 6.39. The van der Waals surface area contributed by atoms with Crippen LogP contribution < -0.4 is 15.8 Å². The second-order valence-electron chi connectivity index (χ2n) is 9.10. The van der Waals surface area contributed by atoms with Crippen LogP contribution in [0, 0.1) is 5.92 Å². The lowest BCUT2D eigenvalue weighted by Gasteiger charge is -2.34. The van der Waals surface area contributed by atoms with Crippen LogP contribution in [0.3, 0.4) is 0 Å². The maximum Gasteiger partial charge on any atom is 0.325 e. The van der Waals surface area contributed by atoms with Crippen LogP contribution in [-0.2, 0) is 14.4 Å². The van der Waals surface area contributed by atoms with Crippen LogP contribution in [0.25, 0.3) is 0 Å². The van der Waals surface area contributed by atoms with E-state index in [0.29, 0.717) is 50.5 Å². The van der Waals surface area contributed by atoms with Crippen molar-refractivity contribution in [3.63, 3.8) is 0 Å². The fourth-order valence-corrected chi connectivity index (χ4v) is 4.46. The quantitative estimate of drug-likeness (QED) is 0.164. The number of unbranched alkanes of at least 4 members (excludes halogenated alkanes) is 1. The van der Waals surface area contributed by atoms with Crippen molar-refractivity contribution in [1.82, 2.24) is 15.1 Å². The number of nitrogens with zero attached hydrogens (tertiary/aromatic N) is 3. The number of nitrogens with two attached hydrogens (primary N) is 1. The molecule has 35 heavy (non-hydrogen) atoms. The van der Waals surface area contributed by atoms with E-state index < -0.39 is 17.8 Å². The standard InChI is InChI=1S/C25H37N5O5/c26-23(28-18-22(31)32)20-5-7-21(8-6-20)35-17-3-14-30-16-15-29(24(33)25(30)34)13-2-1-4-19-9-11-27-12-10-19/h5-8,19,27H,1-4,9-18H2,(H2,26,28)(H,31,32). The Morgan fingerprint density at radius 1 is 1.03 bits per heavy atom. The van der Waals surface area contributed by atoms with Crippen molar-refractivity contribution in [3.8, 4) is 5.75 Å². The summed E-state index contributed by atoms with van der Waals surface area (Å²) in [5.74, 6) is -0.273. The molecular formula is C25H37N5O5. The first kappa shape index (κ1) is 26.5. The maximum absolute atomic E-state index is 12.5. The third-order valence-corrected chi connectivity index (χ3v) is 6.52. The van der Waals surface area contributed by atoms with E-state index >= 15 is 0 Å². The van der Waals surface area contributed by atoms with Crippen molar-refractivity contribution >= 4 is 23.6 Å². The molecule has 2 saturated heterocycles. The van der Waals surface area contributed by atoms with Crippen LogP contribution in [0.4, 0.5) is 0 Å². The molecular weight excluding hydrogens is 450 g/mol. The van der Waals surface area contributed by atoms with Gasteiger partial charge in [-0.05, 0) is 69.0 Å². The highest BCUT2D eigenvalue weighted by Crippen LogP contribution is 2.19. The minimum Gasteiger partial charge on any atom is -0.494 e. The molecule has 3 rings (SSSR count). The molecule has 2 aliphatic heterocycles. The molecule has 0 atom stereocenters. The number of carbonyl (C=O) groups excluding carboxylic acids is 2. The van der Waals surface area contributed by atoms with Gasteiger partial charge in [0.05, 0.1) is 6.61 Å². The fraction of sp³-hybridized carbons (Fsp3) is 0.600. The molecule has 1 aromatic rings. The first-order valence-corrected chi connectivity index (χ1v) is 12.5. The van der Waals surface area contributed by atoms with E-state index in [1.54, 1.807) is 34.1 Å². The van der Waals surface area contributed by atoms with Crippen molar-refractivity contribution in [2.75, 3.05) is 52.4 Å². The number of amides is 2. The zero-order chi connectivity index (χ0) is 25.0. The Kier molecular flexibility index (Phi) is 10.3. The number of benzene rings is 1. The first-order valence-electron chi connectivity index (χ1n) is 12.5. The Balaban J connectivity index is 1.31. The molecule has 10 nitrogen and oxygen atoms in total. The maximum atomic E-state index is 12.5. The average molecular weight is 488 g/mol. The summed E-state index contributed by atoms with van der Waals surface area (Å²) in [6.07, 6.45) is 6.35. The summed E-state index contributed by atoms with van der Waals surface area (Å²) >= 11 is 0. The second-order valence-corrected chi connectivity index (χ2v) is 9.10. The van der Waals surface area contributed by atoms with E-state index in [1.807, 2.05) is 0 Å². The van der Waals surface area contributed by atoms with Crippen LogP contribution >= 0.6 is 0 Å². The average Bonchev–Trinajstić information content (AvgIpc) is 2.87. The van der Waals surface area contributed by atoms with Gasteiger partial charge in [0, 0.05) is 31.7 Å². The van der Waals surface area contributed by atoms with Gasteiger partial charge in [0.15, 0.2) is 0 Å². The number of nitrogens with one attached hydrogen (secondary N) is 1. The van der Waals surface area contributed by atoms with Crippen molar-refractivity contribution in [1.29, 1.82) is 0 Å². The smallest absolute Gasteiger partial charge is 0.325 e. The fourth-order valence-electron chi connectivity index (χ4n) is 4.46. The molecule has 0 unspecified atom stereocenters. The van der Waals surface area contributed by atoms with E-state index in [2.05, 4.69) is 10.3 Å². The number of aliphatic imine (C=N–C) groups is 1. The number of hydrogen-bond donors (Lipinski definition) is 3. The van der Waals surface area contributed by atoms with Crippen molar-refractivity contribution < 1.29 is 24.2 Å². The summed E-state index contributed by atoms with van der Waals surface area (Å²) in [5, 5.41) is 12.1. The van der Waals surface area contributed by atoms with E-state index in [1.165, 1.54) is 19.3 Å². The van der Waals surface area contributed by atoms with Crippen LogP contribution in [0.15, 0.2) is 29.3 Å². The minimum absolute atomic E-state index is 0.156. The summed E-state index contributed by atoms with van der Waals surface area (Å²) in [7, 11) is 0. The molecule has 10 heteroatoms. The number of aliphatic carboxylic acids is 1. The number of ether oxygens (including phenoxy) is 1. The number of carbonyl (C=O) groups is 3. The number of piperidine rings is 1. The Morgan fingerprint density at radius 3 is 2.29 bits per heavy atom. The summed E-state index contributed by atoms with van der Waals surface area (Å²) in [6.45, 7) is 4.52. The number of hydrogen-bond acceptors (Lipinski definition) is 6. The van der Waals surface area contributed by atoms with E-state index in [9.17, 15) is 14.4 Å². The van der Waals surface area contributed by atoms with Crippen LogP contribution in [0.1, 0.15) is 44.1 Å². The molecule has 2 aliphatic rings. The lowest BCUT2D eigenvalue weighted by atomic mass is 9.92. The second kappa shape index (κ2) is 13.7. The first-order chi connectivity index (χ1) is 16.9. The molecule has 1 aromatic carbocycles. The monoisotopic (exact) mass is 487 g/mol. The van der Waals surface area contributed by atoms with Gasteiger partial charge < -0.3 is 30.7 Å². The molecule has 0 aromatic heterocycles. The molecule has 0 saturated carbocycles. The molecule has 0 spiro atoms. The van der Waals surface area contributed by atoms with Gasteiger partial charge in [-0.15, -0.1) is 0 Å². The highest BCUT2D eigenvalue weighted by atomic mass is 16.5. The predicted octanol–water partition coefficient (Wildman–Crippen LogP) is 1.09. The van der Waals surface area contributed by atoms with Crippen molar-refractivity contribution in [2.24, 2.45) is 16.6 Å². The normalized spacial score (nSPS) is 17.7. The number of carboxylic acids is 1. The lowest BCUT2D eigenvalue weighted by Crippen LogP contribution is -2.54. The van der Waals surface area contributed by atoms with Gasteiger partial charge in [-0.2, -0.15) is 0 Å². The van der Waals surface area contributed by atoms with Gasteiger partial charge in [0.25, 0.3) is 0 Å². The van der Waals surface area contributed by atoms with Gasteiger partial charge in [0.1, 0.15) is 18.1 Å². The Hall–Kier alpha value is -3.14.